The molecular weight excluding hydrogens is 308 g/mol. The van der Waals surface area contributed by atoms with Crippen molar-refractivity contribution in [3.05, 3.63) is 11.1 Å². The first-order chi connectivity index (χ1) is 10.6. The van der Waals surface area contributed by atoms with Crippen LogP contribution in [0.15, 0.2) is 6.07 Å². The average molecular weight is 327 g/mol. The maximum Gasteiger partial charge on any atom is 0.311 e. The average Bonchev–Trinajstić information content (AvgIpc) is 2.53. The Bertz CT molecular complexity index is 573. The Hall–Kier alpha value is -1.66. The molecule has 1 aromatic carbocycles. The molecule has 0 bridgehead atoms. The van der Waals surface area contributed by atoms with E-state index < -0.39 is 0 Å². The number of hydrogen-bond donors (Lipinski definition) is 2. The number of esters is 1. The van der Waals surface area contributed by atoms with Gasteiger partial charge < -0.3 is 25.3 Å². The molecular formula is C15H19ClN2O4. The number of hydrogen-bond acceptors (Lipinski definition) is 6. The van der Waals surface area contributed by atoms with Crippen molar-refractivity contribution in [1.82, 2.24) is 5.32 Å². The van der Waals surface area contributed by atoms with E-state index in [1.807, 2.05) is 0 Å². The summed E-state index contributed by atoms with van der Waals surface area (Å²) in [5, 5.41) is 3.56. The summed E-state index contributed by atoms with van der Waals surface area (Å²) in [6.45, 7) is 2.66. The Kier molecular flexibility index (Phi) is 4.59. The lowest BCUT2D eigenvalue weighted by atomic mass is 9.95. The summed E-state index contributed by atoms with van der Waals surface area (Å²) >= 11 is 6.07. The number of nitrogens with one attached hydrogen (secondary N) is 1. The van der Waals surface area contributed by atoms with Crippen molar-refractivity contribution in [2.24, 2.45) is 5.92 Å². The smallest absolute Gasteiger partial charge is 0.311 e. The molecule has 0 amide bonds. The van der Waals surface area contributed by atoms with Crippen LogP contribution in [0.25, 0.3) is 0 Å². The first kappa shape index (κ1) is 15.2. The van der Waals surface area contributed by atoms with Gasteiger partial charge in [-0.1, -0.05) is 11.6 Å². The summed E-state index contributed by atoms with van der Waals surface area (Å²) in [7, 11) is 0. The van der Waals surface area contributed by atoms with Gasteiger partial charge in [-0.3, -0.25) is 4.79 Å². The molecule has 2 heterocycles. The van der Waals surface area contributed by atoms with Gasteiger partial charge in [0, 0.05) is 12.5 Å². The maximum absolute atomic E-state index is 12.1. The van der Waals surface area contributed by atoms with Gasteiger partial charge in [-0.25, -0.2) is 0 Å². The molecule has 0 aromatic heterocycles. The Labute approximate surface area is 133 Å². The van der Waals surface area contributed by atoms with E-state index in [-0.39, 0.29) is 16.7 Å². The van der Waals surface area contributed by atoms with Crippen LogP contribution in [0.1, 0.15) is 19.3 Å². The normalized spacial score (nSPS) is 18.0. The molecule has 3 N–H and O–H groups in total. The predicted molar refractivity (Wildman–Crippen MR) is 82.7 cm³/mol. The molecule has 1 aromatic rings. The van der Waals surface area contributed by atoms with Crippen molar-refractivity contribution in [3.63, 3.8) is 0 Å². The van der Waals surface area contributed by atoms with Crippen molar-refractivity contribution < 1.29 is 19.0 Å². The van der Waals surface area contributed by atoms with Crippen LogP contribution in [-0.2, 0) is 4.79 Å². The van der Waals surface area contributed by atoms with Crippen LogP contribution >= 0.6 is 11.6 Å². The minimum absolute atomic E-state index is 0.271. The van der Waals surface area contributed by atoms with Gasteiger partial charge in [0.25, 0.3) is 0 Å². The molecule has 1 fully saturated rings. The number of benzene rings is 1. The molecule has 3 rings (SSSR count). The fourth-order valence-corrected chi connectivity index (χ4v) is 2.92. The van der Waals surface area contributed by atoms with Gasteiger partial charge >= 0.3 is 5.97 Å². The number of nitrogen functional groups attached to an aromatic ring is 1. The quantitative estimate of drug-likeness (QED) is 0.502. The Morgan fingerprint density at radius 3 is 2.73 bits per heavy atom. The molecule has 0 spiro atoms. The molecule has 0 atom stereocenters. The van der Waals surface area contributed by atoms with E-state index in [1.165, 1.54) is 6.07 Å². The van der Waals surface area contributed by atoms with E-state index in [2.05, 4.69) is 5.32 Å². The lowest BCUT2D eigenvalue weighted by Gasteiger charge is -2.24. The first-order valence-electron chi connectivity index (χ1n) is 7.44. The molecule has 0 aliphatic carbocycles. The largest absolute Gasteiger partial charge is 0.484 e. The monoisotopic (exact) mass is 326 g/mol. The molecule has 2 aliphatic heterocycles. The number of anilines is 1. The number of nitrogens with two attached hydrogens (primary N) is 1. The number of piperidine rings is 1. The van der Waals surface area contributed by atoms with Crippen molar-refractivity contribution in [1.29, 1.82) is 0 Å². The van der Waals surface area contributed by atoms with Gasteiger partial charge in [0.15, 0.2) is 11.5 Å². The molecule has 2 aliphatic rings. The van der Waals surface area contributed by atoms with E-state index in [4.69, 9.17) is 31.5 Å². The topological polar surface area (TPSA) is 82.8 Å². The summed E-state index contributed by atoms with van der Waals surface area (Å²) in [5.41, 5.74) is 6.17. The highest BCUT2D eigenvalue weighted by molar-refractivity contribution is 6.33. The number of carbonyl (C=O) groups is 1. The van der Waals surface area contributed by atoms with Crippen LogP contribution in [0.3, 0.4) is 0 Å². The van der Waals surface area contributed by atoms with Crippen molar-refractivity contribution in [2.75, 3.05) is 32.0 Å². The number of ether oxygens (including phenoxy) is 3. The van der Waals surface area contributed by atoms with E-state index in [0.29, 0.717) is 42.7 Å². The molecule has 22 heavy (non-hydrogen) atoms. The van der Waals surface area contributed by atoms with Gasteiger partial charge in [-0.2, -0.15) is 0 Å². The summed E-state index contributed by atoms with van der Waals surface area (Å²) in [4.78, 5) is 12.1. The fraction of sp³-hybridized carbons (Fsp3) is 0.533. The number of fused-ring (bicyclic) bond motifs is 1. The first-order valence-corrected chi connectivity index (χ1v) is 7.82. The lowest BCUT2D eigenvalue weighted by Crippen LogP contribution is -2.29. The minimum atomic E-state index is -0.288. The summed E-state index contributed by atoms with van der Waals surface area (Å²) in [6, 6.07) is 1.50. The number of halogens is 1. The number of rotatable bonds is 3. The molecule has 0 saturated carbocycles. The fourth-order valence-electron chi connectivity index (χ4n) is 2.73. The molecule has 6 nitrogen and oxygen atoms in total. The zero-order valence-electron chi connectivity index (χ0n) is 12.2. The van der Waals surface area contributed by atoms with E-state index in [0.717, 1.165) is 25.9 Å². The predicted octanol–water partition coefficient (Wildman–Crippen LogP) is 1.99. The molecule has 0 radical (unpaired) electrons. The summed E-state index contributed by atoms with van der Waals surface area (Å²) < 4.78 is 16.5. The second-order valence-electron chi connectivity index (χ2n) is 5.50. The minimum Gasteiger partial charge on any atom is -0.484 e. The second-order valence-corrected chi connectivity index (χ2v) is 5.90. The van der Waals surface area contributed by atoms with Gasteiger partial charge in [-0.05, 0) is 31.8 Å². The Morgan fingerprint density at radius 2 is 2.00 bits per heavy atom. The molecule has 0 unspecified atom stereocenters. The maximum atomic E-state index is 12.1. The highest BCUT2D eigenvalue weighted by Crippen LogP contribution is 2.47. The van der Waals surface area contributed by atoms with E-state index in [1.54, 1.807) is 0 Å². The summed E-state index contributed by atoms with van der Waals surface area (Å²) in [6.07, 6.45) is 2.35. The number of carbonyl (C=O) groups excluding carboxylic acids is 1. The van der Waals surface area contributed by atoms with Gasteiger partial charge in [-0.15, -0.1) is 0 Å². The van der Waals surface area contributed by atoms with Crippen molar-refractivity contribution >= 4 is 23.3 Å². The standard InChI is InChI=1S/C15H19ClN2O4/c16-10-8-11(14-15(13(10)17)21-6-5-20-14)22-12(19)7-9-1-3-18-4-2-9/h8-9,18H,1-7,17H2. The van der Waals surface area contributed by atoms with Crippen LogP contribution in [-0.4, -0.2) is 32.3 Å². The van der Waals surface area contributed by atoms with Crippen molar-refractivity contribution in [2.45, 2.75) is 19.3 Å². The van der Waals surface area contributed by atoms with Gasteiger partial charge in [0.05, 0.1) is 10.7 Å². The van der Waals surface area contributed by atoms with Gasteiger partial charge in [0.2, 0.25) is 5.75 Å². The van der Waals surface area contributed by atoms with Crippen LogP contribution in [0.4, 0.5) is 5.69 Å². The zero-order valence-corrected chi connectivity index (χ0v) is 12.9. The Balaban J connectivity index is 1.74. The molecule has 1 saturated heterocycles. The summed E-state index contributed by atoms with van der Waals surface area (Å²) in [5.74, 6) is 1.04. The third-order valence-electron chi connectivity index (χ3n) is 3.90. The van der Waals surface area contributed by atoms with Crippen LogP contribution < -0.4 is 25.3 Å². The van der Waals surface area contributed by atoms with E-state index in [9.17, 15) is 4.79 Å². The lowest BCUT2D eigenvalue weighted by molar-refractivity contribution is -0.135. The van der Waals surface area contributed by atoms with Crippen molar-refractivity contribution in [3.8, 4) is 17.2 Å². The van der Waals surface area contributed by atoms with Crippen LogP contribution in [0, 0.1) is 5.92 Å². The SMILES string of the molecule is Nc1c(Cl)cc(OC(=O)CC2CCNCC2)c2c1OCCO2. The second kappa shape index (κ2) is 6.62. The third-order valence-corrected chi connectivity index (χ3v) is 4.22. The van der Waals surface area contributed by atoms with Crippen LogP contribution in [0.5, 0.6) is 17.2 Å². The zero-order chi connectivity index (χ0) is 15.5. The Morgan fingerprint density at radius 1 is 1.32 bits per heavy atom. The molecule has 120 valence electrons. The third kappa shape index (κ3) is 3.23. The van der Waals surface area contributed by atoms with Gasteiger partial charge in [0.1, 0.15) is 13.2 Å². The molecule has 7 heteroatoms. The highest BCUT2D eigenvalue weighted by atomic mass is 35.5. The highest BCUT2D eigenvalue weighted by Gasteiger charge is 2.25. The van der Waals surface area contributed by atoms with E-state index >= 15 is 0 Å². The van der Waals surface area contributed by atoms with Crippen LogP contribution in [0.2, 0.25) is 5.02 Å².